The fraction of sp³-hybridized carbons (Fsp3) is 0.538. The Labute approximate surface area is 109 Å². The average molecular weight is 275 g/mol. The Morgan fingerprint density at radius 3 is 2.47 bits per heavy atom. The van der Waals surface area contributed by atoms with Crippen molar-refractivity contribution in [3.05, 3.63) is 29.8 Å². The van der Waals surface area contributed by atoms with E-state index in [9.17, 15) is 18.3 Å². The van der Waals surface area contributed by atoms with Crippen molar-refractivity contribution in [1.82, 2.24) is 5.32 Å². The molecule has 6 heteroatoms. The highest BCUT2D eigenvalue weighted by Crippen LogP contribution is 2.32. The minimum atomic E-state index is -4.69. The molecule has 19 heavy (non-hydrogen) atoms. The van der Waals surface area contributed by atoms with Crippen molar-refractivity contribution in [2.75, 3.05) is 6.61 Å². The summed E-state index contributed by atoms with van der Waals surface area (Å²) in [6.45, 7) is 0.238. The highest BCUT2D eigenvalue weighted by molar-refractivity contribution is 5.33. The van der Waals surface area contributed by atoms with Gasteiger partial charge in [0.2, 0.25) is 0 Å². The van der Waals surface area contributed by atoms with E-state index in [0.29, 0.717) is 5.56 Å². The smallest absolute Gasteiger partial charge is 0.405 e. The van der Waals surface area contributed by atoms with Crippen LogP contribution in [-0.2, 0) is 6.54 Å². The van der Waals surface area contributed by atoms with Crippen molar-refractivity contribution in [1.29, 1.82) is 0 Å². The molecule has 0 radical (unpaired) electrons. The van der Waals surface area contributed by atoms with Gasteiger partial charge in [0.05, 0.1) is 6.61 Å². The number of rotatable bonds is 5. The number of aliphatic hydroxyl groups excluding tert-OH is 1. The first kappa shape index (κ1) is 14.1. The summed E-state index contributed by atoms with van der Waals surface area (Å²) < 4.78 is 40.8. The Morgan fingerprint density at radius 1 is 1.26 bits per heavy atom. The summed E-state index contributed by atoms with van der Waals surface area (Å²) in [5, 5.41) is 12.4. The molecule has 3 nitrogen and oxygen atoms in total. The first-order valence-electron chi connectivity index (χ1n) is 6.14. The van der Waals surface area contributed by atoms with E-state index in [1.54, 1.807) is 12.1 Å². The Hall–Kier alpha value is -1.27. The maximum atomic E-state index is 12.3. The predicted molar refractivity (Wildman–Crippen MR) is 63.6 cm³/mol. The van der Waals surface area contributed by atoms with Crippen molar-refractivity contribution in [2.24, 2.45) is 0 Å². The monoisotopic (exact) mass is 275 g/mol. The second-order valence-corrected chi connectivity index (χ2v) is 4.80. The molecule has 2 rings (SSSR count). The molecule has 0 heterocycles. The van der Waals surface area contributed by atoms with Crippen LogP contribution >= 0.6 is 0 Å². The average Bonchev–Trinajstić information content (AvgIpc) is 2.28. The molecule has 1 aliphatic rings. The Kier molecular flexibility index (Phi) is 4.01. The fourth-order valence-electron chi connectivity index (χ4n) is 2.15. The van der Waals surface area contributed by atoms with Gasteiger partial charge in [-0.05, 0) is 25.3 Å². The third kappa shape index (κ3) is 3.61. The van der Waals surface area contributed by atoms with Gasteiger partial charge in [-0.15, -0.1) is 13.2 Å². The number of halogens is 3. The van der Waals surface area contributed by atoms with Gasteiger partial charge in [0, 0.05) is 17.6 Å². The largest absolute Gasteiger partial charge is 0.573 e. The number of para-hydroxylation sites is 1. The summed E-state index contributed by atoms with van der Waals surface area (Å²) in [5.41, 5.74) is 0.0882. The third-order valence-electron chi connectivity index (χ3n) is 3.47. The number of alkyl halides is 3. The van der Waals surface area contributed by atoms with Crippen molar-refractivity contribution >= 4 is 0 Å². The predicted octanol–water partition coefficient (Wildman–Crippen LogP) is 2.59. The zero-order valence-electron chi connectivity index (χ0n) is 10.3. The van der Waals surface area contributed by atoms with E-state index in [1.165, 1.54) is 12.1 Å². The number of ether oxygens (including phenoxy) is 1. The van der Waals surface area contributed by atoms with Crippen LogP contribution in [0.4, 0.5) is 13.2 Å². The first-order valence-corrected chi connectivity index (χ1v) is 6.14. The van der Waals surface area contributed by atoms with E-state index in [-0.39, 0.29) is 24.4 Å². The molecule has 0 unspecified atom stereocenters. The minimum absolute atomic E-state index is 0.00467. The molecular weight excluding hydrogens is 259 g/mol. The molecule has 0 aliphatic heterocycles. The molecule has 0 atom stereocenters. The molecule has 1 aromatic rings. The van der Waals surface area contributed by atoms with Gasteiger partial charge in [-0.1, -0.05) is 18.2 Å². The van der Waals surface area contributed by atoms with Gasteiger partial charge in [-0.3, -0.25) is 0 Å². The highest BCUT2D eigenvalue weighted by atomic mass is 19.4. The Morgan fingerprint density at radius 2 is 1.95 bits per heavy atom. The summed E-state index contributed by atoms with van der Waals surface area (Å²) in [5.74, 6) is -0.199. The highest BCUT2D eigenvalue weighted by Gasteiger charge is 2.36. The number of aliphatic hydroxyl groups is 1. The lowest BCUT2D eigenvalue weighted by molar-refractivity contribution is -0.274. The van der Waals surface area contributed by atoms with Crippen LogP contribution in [0.1, 0.15) is 24.8 Å². The van der Waals surface area contributed by atoms with E-state index in [1.807, 2.05) is 0 Å². The minimum Gasteiger partial charge on any atom is -0.405 e. The fourth-order valence-corrected chi connectivity index (χ4v) is 2.15. The molecule has 0 amide bonds. The van der Waals surface area contributed by atoms with Gasteiger partial charge < -0.3 is 15.2 Å². The van der Waals surface area contributed by atoms with Gasteiger partial charge in [-0.2, -0.15) is 0 Å². The number of hydrogen-bond donors (Lipinski definition) is 2. The van der Waals surface area contributed by atoms with E-state index in [2.05, 4.69) is 10.1 Å². The van der Waals surface area contributed by atoms with Gasteiger partial charge in [-0.25, -0.2) is 0 Å². The standard InChI is InChI=1S/C13H16F3NO2/c14-13(15,16)19-11-5-2-1-4-10(11)8-17-12(9-18)6-3-7-12/h1-2,4-5,17-18H,3,6-9H2. The van der Waals surface area contributed by atoms with Crippen LogP contribution in [0.5, 0.6) is 5.75 Å². The summed E-state index contributed by atoms with van der Waals surface area (Å²) in [6, 6.07) is 6.02. The van der Waals surface area contributed by atoms with Gasteiger partial charge in [0.25, 0.3) is 0 Å². The maximum Gasteiger partial charge on any atom is 0.573 e. The lowest BCUT2D eigenvalue weighted by atomic mass is 9.77. The van der Waals surface area contributed by atoms with Crippen LogP contribution in [0.25, 0.3) is 0 Å². The van der Waals surface area contributed by atoms with Crippen molar-refractivity contribution < 1.29 is 23.0 Å². The Balaban J connectivity index is 2.03. The van der Waals surface area contributed by atoms with Crippen LogP contribution in [0.2, 0.25) is 0 Å². The zero-order chi connectivity index (χ0) is 13.9. The summed E-state index contributed by atoms with van der Waals surface area (Å²) in [4.78, 5) is 0. The van der Waals surface area contributed by atoms with Gasteiger partial charge in [0.15, 0.2) is 0 Å². The SMILES string of the molecule is OCC1(NCc2ccccc2OC(F)(F)F)CCC1. The molecule has 1 aliphatic carbocycles. The maximum absolute atomic E-state index is 12.3. The number of nitrogens with one attached hydrogen (secondary N) is 1. The second-order valence-electron chi connectivity index (χ2n) is 4.80. The first-order chi connectivity index (χ1) is 8.94. The van der Waals surface area contributed by atoms with Crippen LogP contribution in [-0.4, -0.2) is 23.6 Å². The second kappa shape index (κ2) is 5.38. The van der Waals surface area contributed by atoms with Crippen molar-refractivity contribution in [3.8, 4) is 5.75 Å². The van der Waals surface area contributed by atoms with Crippen LogP contribution in [0.3, 0.4) is 0 Å². The molecule has 2 N–H and O–H groups in total. The topological polar surface area (TPSA) is 41.5 Å². The van der Waals surface area contributed by atoms with Gasteiger partial charge in [0.1, 0.15) is 5.75 Å². The van der Waals surface area contributed by atoms with Crippen LogP contribution in [0, 0.1) is 0 Å². The summed E-state index contributed by atoms with van der Waals surface area (Å²) in [6.07, 6.45) is -1.99. The molecule has 1 aromatic carbocycles. The lowest BCUT2D eigenvalue weighted by Crippen LogP contribution is -2.53. The molecular formula is C13H16F3NO2. The lowest BCUT2D eigenvalue weighted by Gasteiger charge is -2.41. The summed E-state index contributed by atoms with van der Waals surface area (Å²) >= 11 is 0. The zero-order valence-corrected chi connectivity index (χ0v) is 10.3. The van der Waals surface area contributed by atoms with Crippen LogP contribution in [0.15, 0.2) is 24.3 Å². The third-order valence-corrected chi connectivity index (χ3v) is 3.47. The van der Waals surface area contributed by atoms with Crippen molar-refractivity contribution in [3.63, 3.8) is 0 Å². The summed E-state index contributed by atoms with van der Waals surface area (Å²) in [7, 11) is 0. The van der Waals surface area contributed by atoms with E-state index >= 15 is 0 Å². The molecule has 0 bridgehead atoms. The normalized spacial score (nSPS) is 17.9. The van der Waals surface area contributed by atoms with E-state index in [4.69, 9.17) is 0 Å². The molecule has 0 spiro atoms. The van der Waals surface area contributed by atoms with Crippen molar-refractivity contribution in [2.45, 2.75) is 37.7 Å². The number of hydrogen-bond acceptors (Lipinski definition) is 3. The molecule has 1 fully saturated rings. The molecule has 1 saturated carbocycles. The van der Waals surface area contributed by atoms with Crippen LogP contribution < -0.4 is 10.1 Å². The number of benzene rings is 1. The van der Waals surface area contributed by atoms with Gasteiger partial charge >= 0.3 is 6.36 Å². The van der Waals surface area contributed by atoms with E-state index in [0.717, 1.165) is 19.3 Å². The molecule has 0 aromatic heterocycles. The Bertz CT molecular complexity index is 425. The van der Waals surface area contributed by atoms with E-state index < -0.39 is 6.36 Å². The molecule has 106 valence electrons. The molecule has 0 saturated heterocycles. The quantitative estimate of drug-likeness (QED) is 0.868.